The lowest BCUT2D eigenvalue weighted by Crippen LogP contribution is -2.29. The quantitative estimate of drug-likeness (QED) is 0.666. The molecule has 0 amide bonds. The summed E-state index contributed by atoms with van der Waals surface area (Å²) in [4.78, 5) is 2.35. The molecular weight excluding hydrogens is 176 g/mol. The van der Waals surface area contributed by atoms with Crippen LogP contribution in [0, 0.1) is 5.92 Å². The lowest BCUT2D eigenvalue weighted by atomic mass is 10.00. The van der Waals surface area contributed by atoms with Crippen molar-refractivity contribution in [2.24, 2.45) is 11.7 Å². The number of nitrogens with two attached hydrogens (primary N) is 1. The summed E-state index contributed by atoms with van der Waals surface area (Å²) >= 11 is 0. The summed E-state index contributed by atoms with van der Waals surface area (Å²) in [6.07, 6.45) is 6.58. The van der Waals surface area contributed by atoms with E-state index in [-0.39, 0.29) is 0 Å². The Kier molecular flexibility index (Phi) is 5.83. The van der Waals surface area contributed by atoms with Gasteiger partial charge in [0.2, 0.25) is 0 Å². The van der Waals surface area contributed by atoms with Crippen LogP contribution in [0.15, 0.2) is 12.2 Å². The molecule has 14 heavy (non-hydrogen) atoms. The molecule has 0 aromatic heterocycles. The van der Waals surface area contributed by atoms with Crippen molar-refractivity contribution >= 4 is 0 Å². The summed E-state index contributed by atoms with van der Waals surface area (Å²) in [5, 5.41) is 0. The van der Waals surface area contributed by atoms with Crippen molar-refractivity contribution < 1.29 is 4.74 Å². The van der Waals surface area contributed by atoms with Gasteiger partial charge in [-0.15, -0.1) is 0 Å². The van der Waals surface area contributed by atoms with Crippen LogP contribution in [0.5, 0.6) is 0 Å². The summed E-state index contributed by atoms with van der Waals surface area (Å²) in [5.74, 6) is 0.819. The van der Waals surface area contributed by atoms with Crippen molar-refractivity contribution in [2.45, 2.75) is 12.8 Å². The van der Waals surface area contributed by atoms with Gasteiger partial charge >= 0.3 is 0 Å². The first-order valence-electron chi connectivity index (χ1n) is 5.44. The van der Waals surface area contributed by atoms with E-state index in [2.05, 4.69) is 18.0 Å². The van der Waals surface area contributed by atoms with Gasteiger partial charge in [-0.05, 0) is 25.8 Å². The molecule has 0 saturated carbocycles. The van der Waals surface area contributed by atoms with Gasteiger partial charge in [0.05, 0.1) is 0 Å². The number of ether oxygens (including phenoxy) is 1. The zero-order chi connectivity index (χ0) is 10.2. The highest BCUT2D eigenvalue weighted by Crippen LogP contribution is 2.15. The molecule has 1 saturated heterocycles. The van der Waals surface area contributed by atoms with Crippen molar-refractivity contribution in [3.05, 3.63) is 12.2 Å². The molecular formula is C11H22N2O. The fourth-order valence-corrected chi connectivity index (χ4v) is 1.79. The third-order valence-electron chi connectivity index (χ3n) is 2.63. The van der Waals surface area contributed by atoms with E-state index in [1.165, 1.54) is 19.4 Å². The van der Waals surface area contributed by atoms with Crippen LogP contribution in [0.2, 0.25) is 0 Å². The van der Waals surface area contributed by atoms with Crippen LogP contribution in [-0.2, 0) is 4.74 Å². The summed E-state index contributed by atoms with van der Waals surface area (Å²) in [6.45, 7) is 4.71. The summed E-state index contributed by atoms with van der Waals surface area (Å²) in [7, 11) is 2.16. The number of rotatable bonds is 5. The van der Waals surface area contributed by atoms with E-state index in [1.807, 2.05) is 6.08 Å². The van der Waals surface area contributed by atoms with Gasteiger partial charge in [0, 0.05) is 32.8 Å². The first-order chi connectivity index (χ1) is 6.83. The Bertz CT molecular complexity index is 165. The zero-order valence-corrected chi connectivity index (χ0v) is 9.11. The average molecular weight is 198 g/mol. The molecule has 1 aliphatic heterocycles. The highest BCUT2D eigenvalue weighted by molar-refractivity contribution is 4.85. The standard InChI is InChI=1S/C11H22N2O/c1-13(7-3-2-6-12)10-11-4-8-14-9-5-11/h2-3,11H,4-10,12H2,1H3. The smallest absolute Gasteiger partial charge is 0.0469 e. The Morgan fingerprint density at radius 3 is 2.71 bits per heavy atom. The van der Waals surface area contributed by atoms with E-state index in [0.717, 1.165) is 25.7 Å². The maximum Gasteiger partial charge on any atom is 0.0469 e. The molecule has 82 valence electrons. The Morgan fingerprint density at radius 2 is 2.07 bits per heavy atom. The second kappa shape index (κ2) is 6.98. The Morgan fingerprint density at radius 1 is 1.36 bits per heavy atom. The van der Waals surface area contributed by atoms with Crippen LogP contribution >= 0.6 is 0 Å². The average Bonchev–Trinajstić information content (AvgIpc) is 2.20. The van der Waals surface area contributed by atoms with Crippen LogP contribution in [0.1, 0.15) is 12.8 Å². The molecule has 1 fully saturated rings. The second-order valence-corrected chi connectivity index (χ2v) is 3.98. The van der Waals surface area contributed by atoms with E-state index < -0.39 is 0 Å². The summed E-state index contributed by atoms with van der Waals surface area (Å²) in [5.41, 5.74) is 5.38. The Labute approximate surface area is 86.9 Å². The van der Waals surface area contributed by atoms with Crippen molar-refractivity contribution in [1.82, 2.24) is 4.90 Å². The predicted octanol–water partition coefficient (Wildman–Crippen LogP) is 0.860. The maximum absolute atomic E-state index is 5.38. The summed E-state index contributed by atoms with van der Waals surface area (Å²) in [6, 6.07) is 0. The first kappa shape index (κ1) is 11.7. The van der Waals surface area contributed by atoms with E-state index in [0.29, 0.717) is 6.54 Å². The second-order valence-electron chi connectivity index (χ2n) is 3.98. The molecule has 1 heterocycles. The molecule has 0 atom stereocenters. The van der Waals surface area contributed by atoms with Gasteiger partial charge in [-0.3, -0.25) is 0 Å². The van der Waals surface area contributed by atoms with Crippen LogP contribution in [0.25, 0.3) is 0 Å². The number of likely N-dealkylation sites (N-methyl/N-ethyl adjacent to an activating group) is 1. The fourth-order valence-electron chi connectivity index (χ4n) is 1.79. The zero-order valence-electron chi connectivity index (χ0n) is 9.11. The maximum atomic E-state index is 5.38. The topological polar surface area (TPSA) is 38.5 Å². The van der Waals surface area contributed by atoms with Gasteiger partial charge in [-0.2, -0.15) is 0 Å². The van der Waals surface area contributed by atoms with Crippen molar-refractivity contribution in [1.29, 1.82) is 0 Å². The third kappa shape index (κ3) is 4.74. The highest BCUT2D eigenvalue weighted by Gasteiger charge is 2.14. The fraction of sp³-hybridized carbons (Fsp3) is 0.818. The molecule has 0 unspecified atom stereocenters. The van der Waals surface area contributed by atoms with Gasteiger partial charge in [0.15, 0.2) is 0 Å². The van der Waals surface area contributed by atoms with Crippen LogP contribution in [-0.4, -0.2) is 44.8 Å². The SMILES string of the molecule is CN(CC=CCN)CC1CCOCC1. The van der Waals surface area contributed by atoms with Crippen LogP contribution < -0.4 is 5.73 Å². The third-order valence-corrected chi connectivity index (χ3v) is 2.63. The van der Waals surface area contributed by atoms with E-state index >= 15 is 0 Å². The number of nitrogens with zero attached hydrogens (tertiary/aromatic N) is 1. The van der Waals surface area contributed by atoms with Crippen molar-refractivity contribution in [2.75, 3.05) is 39.9 Å². The van der Waals surface area contributed by atoms with Crippen LogP contribution in [0.3, 0.4) is 0 Å². The molecule has 3 nitrogen and oxygen atoms in total. The Hall–Kier alpha value is -0.380. The number of hydrogen-bond donors (Lipinski definition) is 1. The lowest BCUT2D eigenvalue weighted by molar-refractivity contribution is 0.0569. The minimum Gasteiger partial charge on any atom is -0.381 e. The van der Waals surface area contributed by atoms with Gasteiger partial charge in [0.1, 0.15) is 0 Å². The molecule has 0 aromatic rings. The van der Waals surface area contributed by atoms with Gasteiger partial charge < -0.3 is 15.4 Å². The molecule has 0 aromatic carbocycles. The van der Waals surface area contributed by atoms with Crippen molar-refractivity contribution in [3.63, 3.8) is 0 Å². The van der Waals surface area contributed by atoms with Crippen molar-refractivity contribution in [3.8, 4) is 0 Å². The Balaban J connectivity index is 2.11. The molecule has 0 spiro atoms. The van der Waals surface area contributed by atoms with E-state index in [9.17, 15) is 0 Å². The molecule has 2 N–H and O–H groups in total. The van der Waals surface area contributed by atoms with E-state index in [4.69, 9.17) is 10.5 Å². The number of hydrogen-bond acceptors (Lipinski definition) is 3. The van der Waals surface area contributed by atoms with Gasteiger partial charge in [-0.1, -0.05) is 12.2 Å². The molecule has 1 rings (SSSR count). The predicted molar refractivity (Wildman–Crippen MR) is 59.2 cm³/mol. The van der Waals surface area contributed by atoms with Crippen LogP contribution in [0.4, 0.5) is 0 Å². The molecule has 0 aliphatic carbocycles. The minimum absolute atomic E-state index is 0.644. The normalized spacial score (nSPS) is 19.6. The van der Waals surface area contributed by atoms with Gasteiger partial charge in [-0.25, -0.2) is 0 Å². The molecule has 1 aliphatic rings. The minimum atomic E-state index is 0.644. The highest BCUT2D eigenvalue weighted by atomic mass is 16.5. The molecule has 0 radical (unpaired) electrons. The largest absolute Gasteiger partial charge is 0.381 e. The first-order valence-corrected chi connectivity index (χ1v) is 5.44. The lowest BCUT2D eigenvalue weighted by Gasteiger charge is -2.26. The molecule has 3 heteroatoms. The molecule has 0 bridgehead atoms. The monoisotopic (exact) mass is 198 g/mol. The van der Waals surface area contributed by atoms with Gasteiger partial charge in [0.25, 0.3) is 0 Å². The summed E-state index contributed by atoms with van der Waals surface area (Å²) < 4.78 is 5.33. The van der Waals surface area contributed by atoms with E-state index in [1.54, 1.807) is 0 Å².